The zero-order valence-corrected chi connectivity index (χ0v) is 16.7. The van der Waals surface area contributed by atoms with Crippen LogP contribution in [0.3, 0.4) is 0 Å². The number of nitrogens with one attached hydrogen (secondary N) is 2. The number of nitrogens with zero attached hydrogens (tertiary/aromatic N) is 3. The molecule has 0 aliphatic carbocycles. The molecule has 0 radical (unpaired) electrons. The Hall–Kier alpha value is -3.84. The highest BCUT2D eigenvalue weighted by atomic mass is 35.5. The Bertz CT molecular complexity index is 1410. The third-order valence-corrected chi connectivity index (χ3v) is 5.20. The number of imidazole rings is 1. The summed E-state index contributed by atoms with van der Waals surface area (Å²) in [6.45, 7) is 1.90. The molecule has 0 unspecified atom stereocenters. The second-order valence-corrected chi connectivity index (χ2v) is 7.46. The Morgan fingerprint density at radius 2 is 2.00 bits per heavy atom. The third-order valence-electron chi connectivity index (χ3n) is 4.97. The number of carbonyl (C=O) groups is 1. The van der Waals surface area contributed by atoms with Crippen molar-refractivity contribution in [3.8, 4) is 16.8 Å². The highest BCUT2D eigenvalue weighted by Crippen LogP contribution is 2.26. The van der Waals surface area contributed by atoms with Gasteiger partial charge in [0.15, 0.2) is 0 Å². The molecular formula is C22H17ClN6O. The SMILES string of the molecule is Cc1nc2cc(-n3ncc(C(=O)c4cc(-c5cccc(Cl)c5)c[nH]4)c3N)ccc2[nH]1. The molecule has 148 valence electrons. The van der Waals surface area contributed by atoms with Crippen LogP contribution in [0, 0.1) is 6.92 Å². The number of nitrogen functional groups attached to an aromatic ring is 1. The lowest BCUT2D eigenvalue weighted by atomic mass is 10.1. The molecule has 7 nitrogen and oxygen atoms in total. The van der Waals surface area contributed by atoms with Crippen molar-refractivity contribution < 1.29 is 4.79 Å². The van der Waals surface area contributed by atoms with Gasteiger partial charge in [0.05, 0.1) is 34.2 Å². The second kappa shape index (κ2) is 6.89. The Morgan fingerprint density at radius 1 is 1.13 bits per heavy atom. The summed E-state index contributed by atoms with van der Waals surface area (Å²) in [6.07, 6.45) is 3.25. The van der Waals surface area contributed by atoms with E-state index in [9.17, 15) is 4.79 Å². The van der Waals surface area contributed by atoms with Gasteiger partial charge in [-0.3, -0.25) is 4.79 Å². The minimum Gasteiger partial charge on any atom is -0.383 e. The molecule has 5 aromatic rings. The van der Waals surface area contributed by atoms with Gasteiger partial charge in [-0.05, 0) is 54.4 Å². The van der Waals surface area contributed by atoms with E-state index < -0.39 is 0 Å². The van der Waals surface area contributed by atoms with Crippen LogP contribution in [-0.4, -0.2) is 30.5 Å². The standard InChI is InChI=1S/C22H17ClN6O/c1-12-27-18-6-5-16(9-19(18)28-12)29-22(24)17(11-26-29)21(30)20-8-14(10-25-20)13-3-2-4-15(23)7-13/h2-11,25H,24H2,1H3,(H,27,28). The zero-order chi connectivity index (χ0) is 20.8. The van der Waals surface area contributed by atoms with Gasteiger partial charge in [-0.25, -0.2) is 9.67 Å². The molecule has 4 N–H and O–H groups in total. The number of carbonyl (C=O) groups excluding carboxylic acids is 1. The van der Waals surface area contributed by atoms with Crippen LogP contribution in [0.5, 0.6) is 0 Å². The van der Waals surface area contributed by atoms with E-state index in [2.05, 4.69) is 20.1 Å². The summed E-state index contributed by atoms with van der Waals surface area (Å²) in [7, 11) is 0. The number of fused-ring (bicyclic) bond motifs is 1. The number of rotatable bonds is 4. The summed E-state index contributed by atoms with van der Waals surface area (Å²) in [4.78, 5) is 23.7. The minimum absolute atomic E-state index is 0.233. The van der Waals surface area contributed by atoms with Crippen molar-refractivity contribution in [1.29, 1.82) is 0 Å². The van der Waals surface area contributed by atoms with Crippen LogP contribution in [0.15, 0.2) is 60.9 Å². The molecule has 0 atom stereocenters. The largest absolute Gasteiger partial charge is 0.383 e. The third kappa shape index (κ3) is 3.05. The van der Waals surface area contributed by atoms with E-state index in [1.165, 1.54) is 10.9 Å². The zero-order valence-electron chi connectivity index (χ0n) is 16.0. The van der Waals surface area contributed by atoms with Gasteiger partial charge < -0.3 is 15.7 Å². The highest BCUT2D eigenvalue weighted by molar-refractivity contribution is 6.30. The molecule has 0 fully saturated rings. The first-order valence-corrected chi connectivity index (χ1v) is 9.67. The van der Waals surface area contributed by atoms with Crippen LogP contribution >= 0.6 is 11.6 Å². The number of benzene rings is 2. The molecule has 0 saturated heterocycles. The normalized spacial score (nSPS) is 11.3. The maximum absolute atomic E-state index is 13.0. The number of aromatic nitrogens is 5. The minimum atomic E-state index is -0.233. The number of aryl methyl sites for hydroxylation is 1. The van der Waals surface area contributed by atoms with Crippen molar-refractivity contribution >= 4 is 34.2 Å². The Morgan fingerprint density at radius 3 is 2.83 bits per heavy atom. The average Bonchev–Trinajstić information content (AvgIpc) is 3.44. The number of hydrogen-bond acceptors (Lipinski definition) is 4. The van der Waals surface area contributed by atoms with Crippen molar-refractivity contribution in [3.63, 3.8) is 0 Å². The molecule has 3 aromatic heterocycles. The molecule has 3 heterocycles. The van der Waals surface area contributed by atoms with Crippen molar-refractivity contribution in [2.24, 2.45) is 0 Å². The number of nitrogens with two attached hydrogens (primary N) is 1. The quantitative estimate of drug-likeness (QED) is 0.374. The summed E-state index contributed by atoms with van der Waals surface area (Å²) in [6, 6.07) is 14.9. The van der Waals surface area contributed by atoms with Crippen LogP contribution < -0.4 is 5.73 Å². The number of halogens is 1. The number of H-pyrrole nitrogens is 2. The van der Waals surface area contributed by atoms with E-state index in [1.807, 2.05) is 43.3 Å². The summed E-state index contributed by atoms with van der Waals surface area (Å²) in [5.41, 5.74) is 11.3. The first-order valence-electron chi connectivity index (χ1n) is 9.29. The van der Waals surface area contributed by atoms with Gasteiger partial charge >= 0.3 is 0 Å². The molecule has 0 amide bonds. The fraction of sp³-hybridized carbons (Fsp3) is 0.0455. The van der Waals surface area contributed by atoms with Crippen LogP contribution in [0.25, 0.3) is 27.8 Å². The Labute approximate surface area is 176 Å². The summed E-state index contributed by atoms with van der Waals surface area (Å²) in [5, 5.41) is 4.96. The summed E-state index contributed by atoms with van der Waals surface area (Å²) >= 11 is 6.07. The Balaban J connectivity index is 1.48. The van der Waals surface area contributed by atoms with Gasteiger partial charge in [-0.1, -0.05) is 23.7 Å². The Kier molecular flexibility index (Phi) is 4.18. The lowest BCUT2D eigenvalue weighted by Crippen LogP contribution is -2.07. The lowest BCUT2D eigenvalue weighted by molar-refractivity contribution is 0.103. The van der Waals surface area contributed by atoms with E-state index >= 15 is 0 Å². The monoisotopic (exact) mass is 416 g/mol. The maximum Gasteiger partial charge on any atom is 0.214 e. The first-order chi connectivity index (χ1) is 14.5. The molecule has 0 spiro atoms. The van der Waals surface area contributed by atoms with E-state index in [1.54, 1.807) is 18.3 Å². The van der Waals surface area contributed by atoms with E-state index in [4.69, 9.17) is 17.3 Å². The number of hydrogen-bond donors (Lipinski definition) is 3. The van der Waals surface area contributed by atoms with Crippen molar-refractivity contribution in [3.05, 3.63) is 83.0 Å². The molecule has 0 saturated carbocycles. The second-order valence-electron chi connectivity index (χ2n) is 7.02. The predicted molar refractivity (Wildman–Crippen MR) is 117 cm³/mol. The first kappa shape index (κ1) is 18.2. The molecule has 8 heteroatoms. The van der Waals surface area contributed by atoms with Gasteiger partial charge in [0.1, 0.15) is 11.6 Å². The molecule has 0 aliphatic heterocycles. The molecule has 2 aromatic carbocycles. The van der Waals surface area contributed by atoms with Crippen LogP contribution in [-0.2, 0) is 0 Å². The van der Waals surface area contributed by atoms with Crippen molar-refractivity contribution in [1.82, 2.24) is 24.7 Å². The topological polar surface area (TPSA) is 105 Å². The summed E-state index contributed by atoms with van der Waals surface area (Å²) < 4.78 is 1.54. The smallest absolute Gasteiger partial charge is 0.214 e. The molecule has 0 aliphatic rings. The van der Waals surface area contributed by atoms with E-state index in [0.717, 1.165) is 33.7 Å². The lowest BCUT2D eigenvalue weighted by Gasteiger charge is -2.05. The average molecular weight is 417 g/mol. The van der Waals surface area contributed by atoms with Gasteiger partial charge in [-0.2, -0.15) is 5.10 Å². The highest BCUT2D eigenvalue weighted by Gasteiger charge is 2.20. The van der Waals surface area contributed by atoms with Gasteiger partial charge in [-0.15, -0.1) is 0 Å². The van der Waals surface area contributed by atoms with Crippen molar-refractivity contribution in [2.75, 3.05) is 5.73 Å². The number of ketones is 1. The van der Waals surface area contributed by atoms with E-state index in [-0.39, 0.29) is 11.6 Å². The number of aromatic amines is 2. The number of anilines is 1. The van der Waals surface area contributed by atoms with E-state index in [0.29, 0.717) is 16.3 Å². The fourth-order valence-corrected chi connectivity index (χ4v) is 3.69. The fourth-order valence-electron chi connectivity index (χ4n) is 3.50. The van der Waals surface area contributed by atoms with Gasteiger partial charge in [0.2, 0.25) is 5.78 Å². The molecule has 5 rings (SSSR count). The molecule has 0 bridgehead atoms. The van der Waals surface area contributed by atoms with Crippen LogP contribution in [0.4, 0.5) is 5.82 Å². The maximum atomic E-state index is 13.0. The van der Waals surface area contributed by atoms with Gasteiger partial charge in [0, 0.05) is 11.2 Å². The van der Waals surface area contributed by atoms with Crippen molar-refractivity contribution in [2.45, 2.75) is 6.92 Å². The summed E-state index contributed by atoms with van der Waals surface area (Å²) in [5.74, 6) is 0.864. The molecular weight excluding hydrogens is 400 g/mol. The van der Waals surface area contributed by atoms with Gasteiger partial charge in [0.25, 0.3) is 0 Å². The predicted octanol–water partition coefficient (Wildman–Crippen LogP) is 4.52. The van der Waals surface area contributed by atoms with Crippen LogP contribution in [0.1, 0.15) is 21.9 Å². The van der Waals surface area contributed by atoms with Crippen LogP contribution in [0.2, 0.25) is 5.02 Å². The molecule has 30 heavy (non-hydrogen) atoms.